The summed E-state index contributed by atoms with van der Waals surface area (Å²) in [4.78, 5) is -0.301. The molecule has 2 saturated carbocycles. The number of halogens is 1. The lowest BCUT2D eigenvalue weighted by Crippen LogP contribution is -2.95. The highest BCUT2D eigenvalue weighted by atomic mass is 35.5. The van der Waals surface area contributed by atoms with Gasteiger partial charge in [-0.05, 0) is 69.6 Å². The zero-order chi connectivity index (χ0) is 17.4. The lowest BCUT2D eigenvalue weighted by molar-refractivity contribution is -0.725. The predicted octanol–water partition coefficient (Wildman–Crippen LogP) is 3.46. The van der Waals surface area contributed by atoms with E-state index in [1.807, 2.05) is 0 Å². The van der Waals surface area contributed by atoms with Gasteiger partial charge in [-0.15, -0.1) is 0 Å². The van der Waals surface area contributed by atoms with Gasteiger partial charge < -0.3 is 9.87 Å². The molecule has 0 spiro atoms. The minimum atomic E-state index is -4.36. The van der Waals surface area contributed by atoms with Gasteiger partial charge >= 0.3 is 0 Å². The second kappa shape index (κ2) is 9.76. The molecule has 0 heterocycles. The summed E-state index contributed by atoms with van der Waals surface area (Å²) in [5.41, 5.74) is 0. The van der Waals surface area contributed by atoms with Gasteiger partial charge in [0.25, 0.3) is 0 Å². The monoisotopic (exact) mass is 373 g/mol. The Kier molecular flexibility index (Phi) is 8.01. The molecule has 0 radical (unpaired) electrons. The summed E-state index contributed by atoms with van der Waals surface area (Å²) in [5.74, 6) is 0. The number of rotatable bonds is 3. The first-order chi connectivity index (χ1) is 11.4. The van der Waals surface area contributed by atoms with Crippen LogP contribution in [0.25, 0.3) is 0 Å². The van der Waals surface area contributed by atoms with Crippen LogP contribution in [0.2, 0.25) is 5.02 Å². The average Bonchev–Trinajstić information content (AvgIpc) is 2.57. The molecule has 0 unspecified atom stereocenters. The average molecular weight is 374 g/mol. The summed E-state index contributed by atoms with van der Waals surface area (Å²) in [6.07, 6.45) is 15.0. The van der Waals surface area contributed by atoms with Crippen LogP contribution in [0.15, 0.2) is 29.2 Å². The first-order valence-electron chi connectivity index (χ1n) is 9.01. The van der Waals surface area contributed by atoms with Gasteiger partial charge in [0.1, 0.15) is 10.1 Å². The van der Waals surface area contributed by atoms with Crippen LogP contribution in [-0.2, 0) is 10.1 Å². The van der Waals surface area contributed by atoms with Gasteiger partial charge in [0.15, 0.2) is 0 Å². The van der Waals surface area contributed by atoms with E-state index in [0.29, 0.717) is 0 Å². The normalized spacial score (nSPS) is 20.2. The summed E-state index contributed by atoms with van der Waals surface area (Å²) in [6.45, 7) is 0. The van der Waals surface area contributed by atoms with Gasteiger partial charge in [-0.2, -0.15) is 0 Å². The lowest BCUT2D eigenvalue weighted by atomic mass is 9.91. The van der Waals surface area contributed by atoms with Crippen LogP contribution in [0.1, 0.15) is 64.2 Å². The Morgan fingerprint density at radius 3 is 1.79 bits per heavy atom. The SMILES string of the molecule is C1CCC([NH2+]C2CCCCC2)CC1.O=S(=O)([O-])c1cccc(Cl)c1. The molecule has 0 saturated heterocycles. The molecular weight excluding hydrogens is 346 g/mol. The van der Waals surface area contributed by atoms with Crippen molar-refractivity contribution in [1.29, 1.82) is 0 Å². The highest BCUT2D eigenvalue weighted by molar-refractivity contribution is 7.85. The van der Waals surface area contributed by atoms with Crippen LogP contribution in [0, 0.1) is 0 Å². The fourth-order valence-corrected chi connectivity index (χ4v) is 4.43. The number of nitrogens with two attached hydrogens (primary N) is 1. The zero-order valence-electron chi connectivity index (χ0n) is 14.1. The molecular formula is C18H28ClNO3S. The molecule has 2 aliphatic carbocycles. The summed E-state index contributed by atoms with van der Waals surface area (Å²) in [5, 5.41) is 2.96. The summed E-state index contributed by atoms with van der Waals surface area (Å²) in [6, 6.07) is 7.22. The van der Waals surface area contributed by atoms with Gasteiger partial charge in [-0.25, -0.2) is 8.42 Å². The van der Waals surface area contributed by atoms with Crippen molar-refractivity contribution in [1.82, 2.24) is 0 Å². The van der Waals surface area contributed by atoms with Crippen molar-refractivity contribution in [2.24, 2.45) is 0 Å². The Balaban J connectivity index is 0.000000177. The van der Waals surface area contributed by atoms with E-state index in [9.17, 15) is 13.0 Å². The summed E-state index contributed by atoms with van der Waals surface area (Å²) in [7, 11) is -4.36. The van der Waals surface area contributed by atoms with Crippen molar-refractivity contribution in [2.45, 2.75) is 81.2 Å². The second-order valence-electron chi connectivity index (χ2n) is 6.90. The van der Waals surface area contributed by atoms with Crippen LogP contribution in [0.5, 0.6) is 0 Å². The van der Waals surface area contributed by atoms with Gasteiger partial charge in [0.05, 0.1) is 17.0 Å². The molecule has 1 aromatic rings. The van der Waals surface area contributed by atoms with Crippen molar-refractivity contribution in [3.8, 4) is 0 Å². The molecule has 0 bridgehead atoms. The van der Waals surface area contributed by atoms with Crippen LogP contribution in [0.3, 0.4) is 0 Å². The standard InChI is InChI=1S/C12H23N.C6H5ClO3S/c1-3-7-11(8-4-1)13-12-9-5-2-6-10-12;7-5-2-1-3-6(4-5)11(8,9)10/h11-13H,1-10H2;1-4H,(H,8,9,10). The zero-order valence-corrected chi connectivity index (χ0v) is 15.7. The van der Waals surface area contributed by atoms with Gasteiger partial charge in [0.2, 0.25) is 0 Å². The van der Waals surface area contributed by atoms with Gasteiger partial charge in [-0.1, -0.05) is 30.5 Å². The second-order valence-corrected chi connectivity index (χ2v) is 8.72. The molecule has 2 aliphatic rings. The predicted molar refractivity (Wildman–Crippen MR) is 95.1 cm³/mol. The molecule has 24 heavy (non-hydrogen) atoms. The molecule has 0 aromatic heterocycles. The highest BCUT2D eigenvalue weighted by Gasteiger charge is 2.22. The van der Waals surface area contributed by atoms with Crippen molar-refractivity contribution >= 4 is 21.7 Å². The maximum Gasteiger partial charge on any atom is 0.124 e. The number of hydrogen-bond donors (Lipinski definition) is 1. The minimum Gasteiger partial charge on any atom is -0.744 e. The lowest BCUT2D eigenvalue weighted by Gasteiger charge is -2.27. The molecule has 0 aliphatic heterocycles. The number of quaternary nitrogens is 1. The van der Waals surface area contributed by atoms with E-state index in [1.54, 1.807) is 0 Å². The third-order valence-electron chi connectivity index (χ3n) is 4.93. The van der Waals surface area contributed by atoms with E-state index in [0.717, 1.165) is 18.2 Å². The molecule has 0 amide bonds. The molecule has 1 aromatic carbocycles. The number of hydrogen-bond acceptors (Lipinski definition) is 3. The highest BCUT2D eigenvalue weighted by Crippen LogP contribution is 2.18. The van der Waals surface area contributed by atoms with Crippen LogP contribution in [-0.4, -0.2) is 25.1 Å². The van der Waals surface area contributed by atoms with Crippen molar-refractivity contribution in [2.75, 3.05) is 0 Å². The summed E-state index contributed by atoms with van der Waals surface area (Å²) < 4.78 is 31.1. The van der Waals surface area contributed by atoms with Crippen molar-refractivity contribution in [3.05, 3.63) is 29.3 Å². The van der Waals surface area contributed by atoms with Crippen LogP contribution < -0.4 is 5.32 Å². The van der Waals surface area contributed by atoms with Crippen LogP contribution in [0.4, 0.5) is 0 Å². The van der Waals surface area contributed by atoms with Gasteiger partial charge in [0, 0.05) is 5.02 Å². The molecule has 0 atom stereocenters. The molecule has 6 heteroatoms. The van der Waals surface area contributed by atoms with E-state index in [-0.39, 0.29) is 9.92 Å². The number of benzene rings is 1. The maximum absolute atomic E-state index is 10.4. The third kappa shape index (κ3) is 7.09. The largest absolute Gasteiger partial charge is 0.744 e. The van der Waals surface area contributed by atoms with E-state index in [1.165, 1.54) is 82.4 Å². The minimum absolute atomic E-state index is 0.238. The molecule has 3 rings (SSSR count). The van der Waals surface area contributed by atoms with Gasteiger partial charge in [-0.3, -0.25) is 0 Å². The molecule has 4 nitrogen and oxygen atoms in total. The van der Waals surface area contributed by atoms with Crippen LogP contribution >= 0.6 is 11.6 Å². The smallest absolute Gasteiger partial charge is 0.124 e. The topological polar surface area (TPSA) is 73.8 Å². The van der Waals surface area contributed by atoms with E-state index < -0.39 is 10.1 Å². The molecule has 2 fully saturated rings. The van der Waals surface area contributed by atoms with E-state index in [4.69, 9.17) is 11.6 Å². The first-order valence-corrected chi connectivity index (χ1v) is 10.8. The Labute approximate surface area is 150 Å². The third-order valence-corrected chi connectivity index (χ3v) is 6.00. The first kappa shape index (κ1) is 19.7. The fourth-order valence-electron chi connectivity index (χ4n) is 3.66. The summed E-state index contributed by atoms with van der Waals surface area (Å²) >= 11 is 5.45. The molecule has 136 valence electrons. The Morgan fingerprint density at radius 1 is 0.917 bits per heavy atom. The quantitative estimate of drug-likeness (QED) is 0.824. The maximum atomic E-state index is 10.4. The Morgan fingerprint density at radius 2 is 1.42 bits per heavy atom. The van der Waals surface area contributed by atoms with E-state index >= 15 is 0 Å². The van der Waals surface area contributed by atoms with Crippen molar-refractivity contribution in [3.63, 3.8) is 0 Å². The molecule has 2 N–H and O–H groups in total. The van der Waals surface area contributed by atoms with Crippen molar-refractivity contribution < 1.29 is 18.3 Å². The fraction of sp³-hybridized carbons (Fsp3) is 0.667. The Bertz CT molecular complexity index is 578. The Hall–Kier alpha value is -0.620. The van der Waals surface area contributed by atoms with E-state index in [2.05, 4.69) is 5.32 Å².